The lowest BCUT2D eigenvalue weighted by Crippen LogP contribution is -2.10. The molecule has 0 saturated carbocycles. The normalized spacial score (nSPS) is 10.6. The smallest absolute Gasteiger partial charge is 0.139 e. The van der Waals surface area contributed by atoms with E-state index in [1.165, 1.54) is 12.1 Å². The standard InChI is InChI=1S/C11H12BrFO/c1-7(2)11(14)5-8-3-4-9(13)6-10(8)12/h3-4,6-7H,5H2,1-2H3. The molecule has 0 aliphatic heterocycles. The molecule has 0 unspecified atom stereocenters. The number of hydrogen-bond acceptors (Lipinski definition) is 1. The summed E-state index contributed by atoms with van der Waals surface area (Å²) in [5.41, 5.74) is 0.838. The zero-order valence-electron chi connectivity index (χ0n) is 8.18. The van der Waals surface area contributed by atoms with Crippen molar-refractivity contribution in [3.05, 3.63) is 34.1 Å². The second-order valence-corrected chi connectivity index (χ2v) is 4.39. The minimum atomic E-state index is -0.294. The molecule has 14 heavy (non-hydrogen) atoms. The van der Waals surface area contributed by atoms with Crippen LogP contribution in [0.2, 0.25) is 0 Å². The molecule has 0 aromatic heterocycles. The number of hydrogen-bond donors (Lipinski definition) is 0. The summed E-state index contributed by atoms with van der Waals surface area (Å²) in [6.07, 6.45) is 0.360. The van der Waals surface area contributed by atoms with Crippen molar-refractivity contribution in [1.29, 1.82) is 0 Å². The number of Topliss-reactive ketones (excluding diaryl/α,β-unsaturated/α-hetero) is 1. The van der Waals surface area contributed by atoms with Crippen molar-refractivity contribution in [2.45, 2.75) is 20.3 Å². The Kier molecular flexibility index (Phi) is 3.81. The third-order valence-electron chi connectivity index (χ3n) is 2.02. The maximum absolute atomic E-state index is 12.7. The molecule has 0 aliphatic rings. The third-order valence-corrected chi connectivity index (χ3v) is 2.76. The van der Waals surface area contributed by atoms with Crippen LogP contribution in [0.3, 0.4) is 0 Å². The van der Waals surface area contributed by atoms with Gasteiger partial charge in [0.15, 0.2) is 0 Å². The lowest BCUT2D eigenvalue weighted by Gasteiger charge is -2.06. The fourth-order valence-electron chi connectivity index (χ4n) is 1.06. The summed E-state index contributed by atoms with van der Waals surface area (Å²) in [4.78, 5) is 11.4. The van der Waals surface area contributed by atoms with Gasteiger partial charge in [0.2, 0.25) is 0 Å². The lowest BCUT2D eigenvalue weighted by atomic mass is 10.0. The molecule has 0 radical (unpaired) electrons. The summed E-state index contributed by atoms with van der Waals surface area (Å²) >= 11 is 3.23. The van der Waals surface area contributed by atoms with Crippen LogP contribution in [0.4, 0.5) is 4.39 Å². The highest BCUT2D eigenvalue weighted by atomic mass is 79.9. The summed E-state index contributed by atoms with van der Waals surface area (Å²) in [6.45, 7) is 3.72. The molecule has 0 amide bonds. The van der Waals surface area contributed by atoms with Crippen LogP contribution in [-0.4, -0.2) is 5.78 Å². The first-order valence-electron chi connectivity index (χ1n) is 4.47. The largest absolute Gasteiger partial charge is 0.299 e. The molecule has 0 atom stereocenters. The molecule has 0 bridgehead atoms. The van der Waals surface area contributed by atoms with Gasteiger partial charge in [0, 0.05) is 16.8 Å². The Hall–Kier alpha value is -0.700. The quantitative estimate of drug-likeness (QED) is 0.813. The maximum atomic E-state index is 12.7. The predicted molar refractivity (Wildman–Crippen MR) is 57.6 cm³/mol. The maximum Gasteiger partial charge on any atom is 0.139 e. The van der Waals surface area contributed by atoms with Gasteiger partial charge >= 0.3 is 0 Å². The molecule has 0 aliphatic carbocycles. The number of benzene rings is 1. The van der Waals surface area contributed by atoms with E-state index in [4.69, 9.17) is 0 Å². The first-order chi connectivity index (χ1) is 6.50. The number of halogens is 2. The van der Waals surface area contributed by atoms with Gasteiger partial charge in [-0.2, -0.15) is 0 Å². The highest BCUT2D eigenvalue weighted by Crippen LogP contribution is 2.19. The molecule has 1 rings (SSSR count). The van der Waals surface area contributed by atoms with E-state index in [0.29, 0.717) is 10.9 Å². The van der Waals surface area contributed by atoms with E-state index in [1.807, 2.05) is 13.8 Å². The fourth-order valence-corrected chi connectivity index (χ4v) is 1.55. The molecule has 76 valence electrons. The number of carbonyl (C=O) groups excluding carboxylic acids is 1. The molecule has 0 N–H and O–H groups in total. The van der Waals surface area contributed by atoms with Gasteiger partial charge in [-0.05, 0) is 17.7 Å². The van der Waals surface area contributed by atoms with Gasteiger partial charge in [-0.15, -0.1) is 0 Å². The van der Waals surface area contributed by atoms with Crippen molar-refractivity contribution in [3.63, 3.8) is 0 Å². The van der Waals surface area contributed by atoms with Crippen LogP contribution in [0.25, 0.3) is 0 Å². The van der Waals surface area contributed by atoms with Crippen molar-refractivity contribution in [1.82, 2.24) is 0 Å². The van der Waals surface area contributed by atoms with Crippen molar-refractivity contribution >= 4 is 21.7 Å². The molecule has 1 nitrogen and oxygen atoms in total. The molecule has 0 heterocycles. The zero-order chi connectivity index (χ0) is 10.7. The Morgan fingerprint density at radius 1 is 1.50 bits per heavy atom. The van der Waals surface area contributed by atoms with Crippen LogP contribution in [0, 0.1) is 11.7 Å². The van der Waals surface area contributed by atoms with E-state index in [9.17, 15) is 9.18 Å². The average molecular weight is 259 g/mol. The Balaban J connectivity index is 2.82. The SMILES string of the molecule is CC(C)C(=O)Cc1ccc(F)cc1Br. The second kappa shape index (κ2) is 4.69. The minimum Gasteiger partial charge on any atom is -0.299 e. The highest BCUT2D eigenvalue weighted by Gasteiger charge is 2.10. The highest BCUT2D eigenvalue weighted by molar-refractivity contribution is 9.10. The molecule has 0 spiro atoms. The summed E-state index contributed by atoms with van der Waals surface area (Å²) in [7, 11) is 0. The van der Waals surface area contributed by atoms with E-state index >= 15 is 0 Å². The fraction of sp³-hybridized carbons (Fsp3) is 0.364. The monoisotopic (exact) mass is 258 g/mol. The van der Waals surface area contributed by atoms with E-state index in [1.54, 1.807) is 6.07 Å². The molecule has 0 saturated heterocycles. The number of ketones is 1. The third kappa shape index (κ3) is 2.91. The van der Waals surface area contributed by atoms with Crippen molar-refractivity contribution in [2.24, 2.45) is 5.92 Å². The van der Waals surface area contributed by atoms with Crippen LogP contribution in [0.1, 0.15) is 19.4 Å². The number of rotatable bonds is 3. The van der Waals surface area contributed by atoms with E-state index in [0.717, 1.165) is 5.56 Å². The molecule has 0 fully saturated rings. The Morgan fingerprint density at radius 2 is 2.14 bits per heavy atom. The van der Waals surface area contributed by atoms with E-state index in [2.05, 4.69) is 15.9 Å². The lowest BCUT2D eigenvalue weighted by molar-refractivity contribution is -0.121. The van der Waals surface area contributed by atoms with Gasteiger partial charge < -0.3 is 0 Å². The van der Waals surface area contributed by atoms with Crippen molar-refractivity contribution in [3.8, 4) is 0 Å². The number of carbonyl (C=O) groups is 1. The van der Waals surface area contributed by atoms with Gasteiger partial charge in [-0.25, -0.2) is 4.39 Å². The van der Waals surface area contributed by atoms with Crippen LogP contribution < -0.4 is 0 Å². The molecule has 1 aromatic carbocycles. The summed E-state index contributed by atoms with van der Waals surface area (Å²) in [5, 5.41) is 0. The van der Waals surface area contributed by atoms with E-state index < -0.39 is 0 Å². The molecule has 3 heteroatoms. The van der Waals surface area contributed by atoms with Crippen LogP contribution in [0.5, 0.6) is 0 Å². The average Bonchev–Trinajstić information content (AvgIpc) is 2.09. The molecular formula is C11H12BrFO. The summed E-state index contributed by atoms with van der Waals surface area (Å²) in [6, 6.07) is 4.39. The first kappa shape index (κ1) is 11.4. The Bertz CT molecular complexity index is 347. The second-order valence-electron chi connectivity index (χ2n) is 3.53. The zero-order valence-corrected chi connectivity index (χ0v) is 9.77. The molecule has 1 aromatic rings. The summed E-state index contributed by atoms with van der Waals surface area (Å²) < 4.78 is 13.4. The molecular weight excluding hydrogens is 247 g/mol. The van der Waals surface area contributed by atoms with E-state index in [-0.39, 0.29) is 17.5 Å². The Morgan fingerprint density at radius 3 is 2.64 bits per heavy atom. The van der Waals surface area contributed by atoms with Crippen LogP contribution >= 0.6 is 15.9 Å². The van der Waals surface area contributed by atoms with Gasteiger partial charge in [0.25, 0.3) is 0 Å². The van der Waals surface area contributed by atoms with Crippen LogP contribution in [0.15, 0.2) is 22.7 Å². The Labute approximate surface area is 91.5 Å². The minimum absolute atomic E-state index is 0.0203. The van der Waals surface area contributed by atoms with Crippen molar-refractivity contribution < 1.29 is 9.18 Å². The first-order valence-corrected chi connectivity index (χ1v) is 5.26. The van der Waals surface area contributed by atoms with Gasteiger partial charge in [0.1, 0.15) is 11.6 Å². The van der Waals surface area contributed by atoms with Gasteiger partial charge in [0.05, 0.1) is 0 Å². The van der Waals surface area contributed by atoms with Crippen molar-refractivity contribution in [2.75, 3.05) is 0 Å². The summed E-state index contributed by atoms with van der Waals surface area (Å²) in [5.74, 6) is -0.109. The predicted octanol–water partition coefficient (Wildman–Crippen LogP) is 3.36. The van der Waals surface area contributed by atoms with Gasteiger partial charge in [-0.1, -0.05) is 35.8 Å². The van der Waals surface area contributed by atoms with Crippen LogP contribution in [-0.2, 0) is 11.2 Å². The van der Waals surface area contributed by atoms with Gasteiger partial charge in [-0.3, -0.25) is 4.79 Å². The topological polar surface area (TPSA) is 17.1 Å².